The van der Waals surface area contributed by atoms with E-state index in [9.17, 15) is 4.79 Å². The van der Waals surface area contributed by atoms with Crippen LogP contribution in [0.5, 0.6) is 0 Å². The molecule has 1 aromatic heterocycles. The van der Waals surface area contributed by atoms with Crippen LogP contribution in [0.25, 0.3) is 11.5 Å². The molecule has 0 spiro atoms. The standard InChI is InChI=1S/C20H15NO3/c1-2-23-20(22)18-17(14-13-15-9-5-3-6-10-15)24-19(21-18)16-11-7-4-8-12-16/h3-12H,2H2,1H3. The van der Waals surface area contributed by atoms with Crippen molar-refractivity contribution in [3.63, 3.8) is 0 Å². The van der Waals surface area contributed by atoms with Gasteiger partial charge in [-0.1, -0.05) is 42.3 Å². The molecule has 0 bridgehead atoms. The number of carbonyl (C=O) groups is 1. The monoisotopic (exact) mass is 317 g/mol. The Labute approximate surface area is 140 Å². The van der Waals surface area contributed by atoms with Gasteiger partial charge in [0, 0.05) is 11.1 Å². The maximum absolute atomic E-state index is 12.1. The number of esters is 1. The van der Waals surface area contributed by atoms with Crippen LogP contribution in [0.3, 0.4) is 0 Å². The van der Waals surface area contributed by atoms with E-state index in [-0.39, 0.29) is 18.1 Å². The summed E-state index contributed by atoms with van der Waals surface area (Å²) >= 11 is 0. The molecule has 0 aliphatic heterocycles. The molecule has 0 aliphatic rings. The van der Waals surface area contributed by atoms with E-state index in [2.05, 4.69) is 16.8 Å². The SMILES string of the molecule is CCOC(=O)c1nc(-c2ccccc2)oc1C#Cc1ccccc1. The normalized spacial score (nSPS) is 9.88. The molecule has 0 amide bonds. The number of carbonyl (C=O) groups excluding carboxylic acids is 1. The van der Waals surface area contributed by atoms with Crippen LogP contribution < -0.4 is 0 Å². The van der Waals surface area contributed by atoms with Gasteiger partial charge < -0.3 is 9.15 Å². The first-order valence-electron chi connectivity index (χ1n) is 7.58. The van der Waals surface area contributed by atoms with Crippen LogP contribution in [0.1, 0.15) is 28.7 Å². The molecule has 0 aliphatic carbocycles. The molecule has 2 aromatic carbocycles. The lowest BCUT2D eigenvalue weighted by Crippen LogP contribution is -2.06. The van der Waals surface area contributed by atoms with Gasteiger partial charge in [0.2, 0.25) is 17.3 Å². The Morgan fingerprint density at radius 2 is 1.71 bits per heavy atom. The van der Waals surface area contributed by atoms with Gasteiger partial charge in [0.05, 0.1) is 6.61 Å². The van der Waals surface area contributed by atoms with Gasteiger partial charge >= 0.3 is 5.97 Å². The van der Waals surface area contributed by atoms with Crippen molar-refractivity contribution in [2.24, 2.45) is 0 Å². The molecule has 0 radical (unpaired) electrons. The molecule has 118 valence electrons. The highest BCUT2D eigenvalue weighted by Gasteiger charge is 2.20. The van der Waals surface area contributed by atoms with Crippen molar-refractivity contribution >= 4 is 5.97 Å². The van der Waals surface area contributed by atoms with Crippen LogP contribution in [-0.2, 0) is 4.74 Å². The second-order valence-corrected chi connectivity index (χ2v) is 4.90. The maximum Gasteiger partial charge on any atom is 0.361 e. The van der Waals surface area contributed by atoms with Crippen molar-refractivity contribution in [2.45, 2.75) is 6.92 Å². The average Bonchev–Trinajstić information content (AvgIpc) is 3.06. The Bertz CT molecular complexity index is 887. The van der Waals surface area contributed by atoms with Crippen LogP contribution in [0.2, 0.25) is 0 Å². The van der Waals surface area contributed by atoms with Crippen LogP contribution in [0, 0.1) is 11.8 Å². The zero-order valence-corrected chi connectivity index (χ0v) is 13.2. The van der Waals surface area contributed by atoms with E-state index >= 15 is 0 Å². The molecule has 0 fully saturated rings. The van der Waals surface area contributed by atoms with Crippen LogP contribution in [0.4, 0.5) is 0 Å². The number of oxazole rings is 1. The van der Waals surface area contributed by atoms with E-state index in [1.807, 2.05) is 60.7 Å². The predicted octanol–water partition coefficient (Wildman–Crippen LogP) is 3.92. The van der Waals surface area contributed by atoms with Crippen molar-refractivity contribution in [1.82, 2.24) is 4.98 Å². The van der Waals surface area contributed by atoms with E-state index < -0.39 is 5.97 Å². The smallest absolute Gasteiger partial charge is 0.361 e. The van der Waals surface area contributed by atoms with Crippen molar-refractivity contribution in [3.8, 4) is 23.3 Å². The van der Waals surface area contributed by atoms with Gasteiger partial charge in [-0.05, 0) is 37.1 Å². The molecular weight excluding hydrogens is 302 g/mol. The lowest BCUT2D eigenvalue weighted by Gasteiger charge is -1.96. The first kappa shape index (κ1) is 15.6. The van der Waals surface area contributed by atoms with Crippen molar-refractivity contribution in [3.05, 3.63) is 77.7 Å². The number of hydrogen-bond donors (Lipinski definition) is 0. The molecule has 0 unspecified atom stereocenters. The van der Waals surface area contributed by atoms with E-state index in [4.69, 9.17) is 9.15 Å². The molecule has 3 aromatic rings. The summed E-state index contributed by atoms with van der Waals surface area (Å²) in [4.78, 5) is 16.4. The van der Waals surface area contributed by atoms with Gasteiger partial charge in [-0.2, -0.15) is 0 Å². The summed E-state index contributed by atoms with van der Waals surface area (Å²) in [7, 11) is 0. The summed E-state index contributed by atoms with van der Waals surface area (Å²) in [5, 5.41) is 0. The Morgan fingerprint density at radius 3 is 2.38 bits per heavy atom. The number of aromatic nitrogens is 1. The first-order chi connectivity index (χ1) is 11.8. The Morgan fingerprint density at radius 1 is 1.04 bits per heavy atom. The van der Waals surface area contributed by atoms with Gasteiger partial charge in [-0.15, -0.1) is 0 Å². The molecule has 4 nitrogen and oxygen atoms in total. The minimum atomic E-state index is -0.541. The van der Waals surface area contributed by atoms with Gasteiger partial charge in [0.25, 0.3) is 0 Å². The molecule has 4 heteroatoms. The molecule has 0 atom stereocenters. The Kier molecular flexibility index (Phi) is 4.73. The second kappa shape index (κ2) is 7.30. The van der Waals surface area contributed by atoms with E-state index in [1.54, 1.807) is 6.92 Å². The highest BCUT2D eigenvalue weighted by atomic mass is 16.5. The lowest BCUT2D eigenvalue weighted by atomic mass is 10.2. The number of nitrogens with zero attached hydrogens (tertiary/aromatic N) is 1. The van der Waals surface area contributed by atoms with Crippen LogP contribution in [-0.4, -0.2) is 17.6 Å². The average molecular weight is 317 g/mol. The third-order valence-corrected chi connectivity index (χ3v) is 3.21. The minimum Gasteiger partial charge on any atom is -0.461 e. The zero-order valence-electron chi connectivity index (χ0n) is 13.2. The highest BCUT2D eigenvalue weighted by molar-refractivity contribution is 5.90. The van der Waals surface area contributed by atoms with Gasteiger partial charge in [-0.25, -0.2) is 9.78 Å². The predicted molar refractivity (Wildman–Crippen MR) is 90.3 cm³/mol. The lowest BCUT2D eigenvalue weighted by molar-refractivity contribution is 0.0519. The number of hydrogen-bond acceptors (Lipinski definition) is 4. The minimum absolute atomic E-state index is 0.0964. The second-order valence-electron chi connectivity index (χ2n) is 4.90. The molecule has 1 heterocycles. The van der Waals surface area contributed by atoms with Crippen LogP contribution in [0.15, 0.2) is 65.1 Å². The maximum atomic E-state index is 12.1. The summed E-state index contributed by atoms with van der Waals surface area (Å²) in [5.74, 6) is 5.86. The summed E-state index contributed by atoms with van der Waals surface area (Å²) < 4.78 is 10.7. The van der Waals surface area contributed by atoms with Crippen molar-refractivity contribution in [1.29, 1.82) is 0 Å². The fourth-order valence-corrected chi connectivity index (χ4v) is 2.10. The molecule has 3 rings (SSSR count). The fraction of sp³-hybridized carbons (Fsp3) is 0.100. The van der Waals surface area contributed by atoms with E-state index in [1.165, 1.54) is 0 Å². The largest absolute Gasteiger partial charge is 0.461 e. The fourth-order valence-electron chi connectivity index (χ4n) is 2.10. The summed E-state index contributed by atoms with van der Waals surface area (Å²) in [6.45, 7) is 2.00. The Balaban J connectivity index is 2.02. The number of benzene rings is 2. The third kappa shape index (κ3) is 3.53. The Hall–Kier alpha value is -3.32. The molecule has 24 heavy (non-hydrogen) atoms. The summed E-state index contributed by atoms with van der Waals surface area (Å²) in [6, 6.07) is 18.8. The molecule has 0 saturated heterocycles. The topological polar surface area (TPSA) is 52.3 Å². The number of rotatable bonds is 3. The van der Waals surface area contributed by atoms with Crippen LogP contribution >= 0.6 is 0 Å². The molecule has 0 N–H and O–H groups in total. The van der Waals surface area contributed by atoms with Gasteiger partial charge in [0.1, 0.15) is 0 Å². The summed E-state index contributed by atoms with van der Waals surface area (Å²) in [6.07, 6.45) is 0. The zero-order chi connectivity index (χ0) is 16.8. The molecule has 0 saturated carbocycles. The summed E-state index contributed by atoms with van der Waals surface area (Å²) in [5.41, 5.74) is 1.69. The van der Waals surface area contributed by atoms with Crippen molar-refractivity contribution in [2.75, 3.05) is 6.61 Å². The van der Waals surface area contributed by atoms with Gasteiger partial charge in [-0.3, -0.25) is 0 Å². The van der Waals surface area contributed by atoms with E-state index in [0.29, 0.717) is 5.89 Å². The van der Waals surface area contributed by atoms with Gasteiger partial charge in [0.15, 0.2) is 0 Å². The molecular formula is C20H15NO3. The quantitative estimate of drug-likeness (QED) is 0.543. The number of ether oxygens (including phenoxy) is 1. The third-order valence-electron chi connectivity index (χ3n) is 3.21. The highest BCUT2D eigenvalue weighted by Crippen LogP contribution is 2.22. The van der Waals surface area contributed by atoms with Crippen molar-refractivity contribution < 1.29 is 13.9 Å². The van der Waals surface area contributed by atoms with E-state index in [0.717, 1.165) is 11.1 Å². The first-order valence-corrected chi connectivity index (χ1v) is 7.58.